The molecular weight excluding hydrogens is 244 g/mol. The number of rotatable bonds is 3. The van der Waals surface area contributed by atoms with Crippen molar-refractivity contribution in [3.05, 3.63) is 71.6 Å². The maximum Gasteiger partial charge on any atom is 0.0961 e. The average molecular weight is 262 g/mol. The first-order valence-corrected chi connectivity index (χ1v) is 6.88. The lowest BCUT2D eigenvalue weighted by atomic mass is 10.1. The summed E-state index contributed by atoms with van der Waals surface area (Å²) in [4.78, 5) is 4.48. The van der Waals surface area contributed by atoms with Gasteiger partial charge in [-0.25, -0.2) is 4.98 Å². The van der Waals surface area contributed by atoms with Gasteiger partial charge in [-0.05, 0) is 42.7 Å². The van der Waals surface area contributed by atoms with Crippen molar-refractivity contribution in [2.24, 2.45) is 0 Å². The van der Waals surface area contributed by atoms with E-state index < -0.39 is 0 Å². The van der Waals surface area contributed by atoms with Crippen LogP contribution in [0, 0.1) is 13.8 Å². The Hall–Kier alpha value is -2.35. The highest BCUT2D eigenvalue weighted by molar-refractivity contribution is 5.77. The summed E-state index contributed by atoms with van der Waals surface area (Å²) in [6.45, 7) is 5.11. The molecule has 2 aromatic carbocycles. The van der Waals surface area contributed by atoms with E-state index in [4.69, 9.17) is 0 Å². The lowest BCUT2D eigenvalue weighted by Gasteiger charge is -2.03. The predicted octanol–water partition coefficient (Wildman–Crippen LogP) is 4.37. The van der Waals surface area contributed by atoms with Gasteiger partial charge >= 0.3 is 0 Å². The van der Waals surface area contributed by atoms with E-state index >= 15 is 0 Å². The molecule has 0 N–H and O–H groups in total. The Morgan fingerprint density at radius 2 is 1.80 bits per heavy atom. The Morgan fingerprint density at radius 1 is 1.05 bits per heavy atom. The molecule has 0 fully saturated rings. The number of hydrogen-bond acceptors (Lipinski definition) is 1. The zero-order valence-corrected chi connectivity index (χ0v) is 11.9. The van der Waals surface area contributed by atoms with E-state index in [2.05, 4.69) is 71.9 Å². The van der Waals surface area contributed by atoms with Crippen LogP contribution in [0.3, 0.4) is 0 Å². The average Bonchev–Trinajstić information content (AvgIpc) is 2.83. The topological polar surface area (TPSA) is 17.8 Å². The van der Waals surface area contributed by atoms with Crippen LogP contribution in [0.25, 0.3) is 17.1 Å². The molecule has 2 nitrogen and oxygen atoms in total. The van der Waals surface area contributed by atoms with Gasteiger partial charge in [-0.3, -0.25) is 0 Å². The highest BCUT2D eigenvalue weighted by Crippen LogP contribution is 2.18. The summed E-state index contributed by atoms with van der Waals surface area (Å²) in [5.41, 5.74) is 6.10. The van der Waals surface area contributed by atoms with Crippen LogP contribution < -0.4 is 0 Å². The largest absolute Gasteiger partial charge is 0.327 e. The number of allylic oxidation sites excluding steroid dienone is 1. The Bertz CT molecular complexity index is 752. The van der Waals surface area contributed by atoms with Crippen LogP contribution in [-0.4, -0.2) is 9.55 Å². The van der Waals surface area contributed by atoms with E-state index in [1.165, 1.54) is 22.2 Å². The molecule has 0 aliphatic heterocycles. The first-order chi connectivity index (χ1) is 9.74. The summed E-state index contributed by atoms with van der Waals surface area (Å²) < 4.78 is 2.18. The van der Waals surface area contributed by atoms with Crippen molar-refractivity contribution in [2.75, 3.05) is 0 Å². The molecule has 0 unspecified atom stereocenters. The van der Waals surface area contributed by atoms with Crippen molar-refractivity contribution in [2.45, 2.75) is 20.4 Å². The second-order valence-corrected chi connectivity index (χ2v) is 5.14. The molecule has 0 spiro atoms. The molecule has 1 heterocycles. The summed E-state index contributed by atoms with van der Waals surface area (Å²) >= 11 is 0. The van der Waals surface area contributed by atoms with E-state index in [-0.39, 0.29) is 0 Å². The van der Waals surface area contributed by atoms with Gasteiger partial charge in [0.1, 0.15) is 0 Å². The minimum atomic E-state index is 0.841. The van der Waals surface area contributed by atoms with E-state index in [0.29, 0.717) is 0 Å². The van der Waals surface area contributed by atoms with Crippen LogP contribution >= 0.6 is 0 Å². The number of aryl methyl sites for hydroxylation is 2. The molecule has 0 saturated carbocycles. The maximum atomic E-state index is 4.48. The molecule has 0 saturated heterocycles. The molecule has 2 heteroatoms. The second kappa shape index (κ2) is 5.33. The summed E-state index contributed by atoms with van der Waals surface area (Å²) in [5.74, 6) is 0. The SMILES string of the molecule is Cc1cc2ncn(C/C=C/c3ccccc3)c2cc1C. The Kier molecular flexibility index (Phi) is 3.38. The Balaban J connectivity index is 1.85. The van der Waals surface area contributed by atoms with Gasteiger partial charge in [0, 0.05) is 6.54 Å². The molecule has 3 rings (SSSR count). The van der Waals surface area contributed by atoms with E-state index in [9.17, 15) is 0 Å². The molecule has 20 heavy (non-hydrogen) atoms. The van der Waals surface area contributed by atoms with Gasteiger partial charge in [0.05, 0.1) is 17.4 Å². The molecule has 1 aromatic heterocycles. The normalized spacial score (nSPS) is 11.5. The molecule has 0 atom stereocenters. The third-order valence-electron chi connectivity index (χ3n) is 3.65. The van der Waals surface area contributed by atoms with Gasteiger partial charge in [0.15, 0.2) is 0 Å². The number of fused-ring (bicyclic) bond motifs is 1. The van der Waals surface area contributed by atoms with Gasteiger partial charge in [0.2, 0.25) is 0 Å². The number of hydrogen-bond donors (Lipinski definition) is 0. The minimum Gasteiger partial charge on any atom is -0.327 e. The van der Waals surface area contributed by atoms with E-state index in [0.717, 1.165) is 12.1 Å². The minimum absolute atomic E-state index is 0.841. The standard InChI is InChI=1S/C18H18N2/c1-14-11-17-18(12-15(14)2)20(13-19-17)10-6-9-16-7-4-3-5-8-16/h3-9,11-13H,10H2,1-2H3/b9-6+. The third-order valence-corrected chi connectivity index (χ3v) is 3.65. The molecule has 100 valence electrons. The highest BCUT2D eigenvalue weighted by atomic mass is 15.0. The predicted molar refractivity (Wildman–Crippen MR) is 84.7 cm³/mol. The molecular formula is C18H18N2. The van der Waals surface area contributed by atoms with Crippen LogP contribution in [0.5, 0.6) is 0 Å². The van der Waals surface area contributed by atoms with Crippen LogP contribution in [0.4, 0.5) is 0 Å². The van der Waals surface area contributed by atoms with Crippen molar-refractivity contribution >= 4 is 17.1 Å². The second-order valence-electron chi connectivity index (χ2n) is 5.14. The molecule has 0 aliphatic rings. The van der Waals surface area contributed by atoms with Gasteiger partial charge in [-0.15, -0.1) is 0 Å². The van der Waals surface area contributed by atoms with Crippen LogP contribution in [0.2, 0.25) is 0 Å². The number of benzene rings is 2. The van der Waals surface area contributed by atoms with Crippen LogP contribution in [0.1, 0.15) is 16.7 Å². The highest BCUT2D eigenvalue weighted by Gasteiger charge is 2.03. The van der Waals surface area contributed by atoms with Crippen molar-refractivity contribution < 1.29 is 0 Å². The number of imidazole rings is 1. The number of aromatic nitrogens is 2. The molecule has 0 aliphatic carbocycles. The fourth-order valence-electron chi connectivity index (χ4n) is 2.33. The monoisotopic (exact) mass is 262 g/mol. The first kappa shape index (κ1) is 12.7. The zero-order valence-electron chi connectivity index (χ0n) is 11.9. The lowest BCUT2D eigenvalue weighted by molar-refractivity contribution is 0.852. The maximum absolute atomic E-state index is 4.48. The molecule has 0 bridgehead atoms. The summed E-state index contributed by atoms with van der Waals surface area (Å²) in [6, 6.07) is 14.7. The van der Waals surface area contributed by atoms with E-state index in [1.54, 1.807) is 0 Å². The van der Waals surface area contributed by atoms with Crippen molar-refractivity contribution in [3.63, 3.8) is 0 Å². The van der Waals surface area contributed by atoms with Crippen molar-refractivity contribution in [3.8, 4) is 0 Å². The fraction of sp³-hybridized carbons (Fsp3) is 0.167. The van der Waals surface area contributed by atoms with Crippen molar-refractivity contribution in [1.29, 1.82) is 0 Å². The molecule has 0 amide bonds. The Morgan fingerprint density at radius 3 is 2.60 bits per heavy atom. The van der Waals surface area contributed by atoms with Gasteiger partial charge < -0.3 is 4.57 Å². The summed E-state index contributed by atoms with van der Waals surface area (Å²) in [5, 5.41) is 0. The third kappa shape index (κ3) is 2.50. The van der Waals surface area contributed by atoms with Crippen molar-refractivity contribution in [1.82, 2.24) is 9.55 Å². The molecule has 3 aromatic rings. The Labute approximate surface area is 119 Å². The van der Waals surface area contributed by atoms with E-state index in [1.807, 2.05) is 12.4 Å². The summed E-state index contributed by atoms with van der Waals surface area (Å²) in [6.07, 6.45) is 6.23. The van der Waals surface area contributed by atoms with Gasteiger partial charge in [0.25, 0.3) is 0 Å². The molecule has 0 radical (unpaired) electrons. The first-order valence-electron chi connectivity index (χ1n) is 6.88. The van der Waals surface area contributed by atoms with Crippen LogP contribution in [0.15, 0.2) is 54.9 Å². The summed E-state index contributed by atoms with van der Waals surface area (Å²) in [7, 11) is 0. The number of nitrogens with zero attached hydrogens (tertiary/aromatic N) is 2. The van der Waals surface area contributed by atoms with Crippen LogP contribution in [-0.2, 0) is 6.54 Å². The fourth-order valence-corrected chi connectivity index (χ4v) is 2.33. The van der Waals surface area contributed by atoms with Gasteiger partial charge in [-0.1, -0.05) is 42.5 Å². The van der Waals surface area contributed by atoms with Gasteiger partial charge in [-0.2, -0.15) is 0 Å². The zero-order chi connectivity index (χ0) is 13.9. The smallest absolute Gasteiger partial charge is 0.0961 e. The quantitative estimate of drug-likeness (QED) is 0.685. The lowest BCUT2D eigenvalue weighted by Crippen LogP contribution is -1.93.